The van der Waals surface area contributed by atoms with E-state index >= 15 is 0 Å². The molecule has 1 aliphatic rings. The largest absolute Gasteiger partial charge is 0.390 e. The van der Waals surface area contributed by atoms with Crippen LogP contribution < -0.4 is 11.2 Å². The lowest BCUT2D eigenvalue weighted by molar-refractivity contribution is -0.207. The summed E-state index contributed by atoms with van der Waals surface area (Å²) in [6, 6.07) is 0. The molecule has 1 aliphatic heterocycles. The van der Waals surface area contributed by atoms with Crippen LogP contribution in [0, 0.1) is 0 Å². The van der Waals surface area contributed by atoms with Crippen molar-refractivity contribution in [3.05, 3.63) is 32.1 Å². The molecule has 0 saturated carbocycles. The van der Waals surface area contributed by atoms with E-state index in [9.17, 15) is 24.2 Å². The Balaban J connectivity index is 2.51. The molecule has 1 aromatic rings. The van der Waals surface area contributed by atoms with Crippen LogP contribution in [-0.4, -0.2) is 49.5 Å². The molecule has 1 aromatic heterocycles. The standard InChI is InChI=1S/C9H10ClFN2O6/c10-3-1-13(8(18)12-6(3)17)7-4(15)5(16)9(11,2-14)19-7/h1,4-5,7,14-16H,2H2,(H,12,17,18)/t4-,5+,7-,9-/m1/s1/i2D2. The Morgan fingerprint density at radius 3 is 2.79 bits per heavy atom. The lowest BCUT2D eigenvalue weighted by Crippen LogP contribution is -2.42. The topological polar surface area (TPSA) is 125 Å². The first-order valence-electron chi connectivity index (χ1n) is 5.95. The van der Waals surface area contributed by atoms with E-state index in [1.807, 2.05) is 0 Å². The number of hydrogen-bond acceptors (Lipinski definition) is 6. The minimum atomic E-state index is -3.68. The van der Waals surface area contributed by atoms with Gasteiger partial charge in [-0.2, -0.15) is 0 Å². The second kappa shape index (κ2) is 4.69. The number of halogens is 2. The third-order valence-corrected chi connectivity index (χ3v) is 2.91. The Morgan fingerprint density at radius 1 is 1.63 bits per heavy atom. The van der Waals surface area contributed by atoms with Crippen LogP contribution in [0.15, 0.2) is 15.8 Å². The van der Waals surface area contributed by atoms with Gasteiger partial charge in [0.05, 0.1) is 2.74 Å². The molecule has 1 saturated heterocycles. The number of alkyl halides is 1. The molecule has 0 aromatic carbocycles. The van der Waals surface area contributed by atoms with Crippen LogP contribution >= 0.6 is 11.6 Å². The molecule has 0 amide bonds. The van der Waals surface area contributed by atoms with Crippen molar-refractivity contribution in [2.24, 2.45) is 0 Å². The highest BCUT2D eigenvalue weighted by atomic mass is 35.5. The van der Waals surface area contributed by atoms with E-state index in [0.29, 0.717) is 4.57 Å². The van der Waals surface area contributed by atoms with Gasteiger partial charge < -0.3 is 20.1 Å². The van der Waals surface area contributed by atoms with Gasteiger partial charge >= 0.3 is 5.69 Å². The van der Waals surface area contributed by atoms with E-state index in [1.165, 1.54) is 0 Å². The van der Waals surface area contributed by atoms with Crippen LogP contribution in [0.1, 0.15) is 8.97 Å². The normalized spacial score (nSPS) is 37.0. The minimum Gasteiger partial charge on any atom is -0.390 e. The van der Waals surface area contributed by atoms with E-state index < -0.39 is 47.1 Å². The number of nitrogens with zero attached hydrogens (tertiary/aromatic N) is 1. The summed E-state index contributed by atoms with van der Waals surface area (Å²) in [5.41, 5.74) is -2.07. The van der Waals surface area contributed by atoms with Crippen LogP contribution in [0.25, 0.3) is 0 Å². The first-order valence-corrected chi connectivity index (χ1v) is 5.33. The molecule has 4 atom stereocenters. The van der Waals surface area contributed by atoms with Gasteiger partial charge in [-0.15, -0.1) is 0 Å². The molecule has 19 heavy (non-hydrogen) atoms. The van der Waals surface area contributed by atoms with Crippen molar-refractivity contribution in [3.8, 4) is 0 Å². The molecule has 10 heteroatoms. The van der Waals surface area contributed by atoms with Crippen molar-refractivity contribution in [3.63, 3.8) is 0 Å². The summed E-state index contributed by atoms with van der Waals surface area (Å²) >= 11 is 5.49. The maximum Gasteiger partial charge on any atom is 0.330 e. The molecule has 1 fully saturated rings. The molecule has 0 radical (unpaired) electrons. The van der Waals surface area contributed by atoms with Gasteiger partial charge in [0, 0.05) is 6.20 Å². The highest BCUT2D eigenvalue weighted by Crippen LogP contribution is 2.37. The summed E-state index contributed by atoms with van der Waals surface area (Å²) in [6.07, 6.45) is -5.77. The van der Waals surface area contributed by atoms with Gasteiger partial charge in [0.2, 0.25) is 0 Å². The summed E-state index contributed by atoms with van der Waals surface area (Å²) in [5.74, 6) is -3.68. The van der Waals surface area contributed by atoms with E-state index in [1.54, 1.807) is 4.98 Å². The average molecular weight is 299 g/mol. The summed E-state index contributed by atoms with van der Waals surface area (Å²) in [7, 11) is 0. The smallest absolute Gasteiger partial charge is 0.330 e. The Hall–Kier alpha value is -1.26. The summed E-state index contributed by atoms with van der Waals surface area (Å²) in [5, 5.41) is 27.8. The molecule has 2 heterocycles. The molecule has 8 nitrogen and oxygen atoms in total. The minimum absolute atomic E-state index is 0.463. The van der Waals surface area contributed by atoms with Crippen LogP contribution in [0.2, 0.25) is 5.02 Å². The molecule has 0 bridgehead atoms. The van der Waals surface area contributed by atoms with Crippen molar-refractivity contribution >= 4 is 11.6 Å². The van der Waals surface area contributed by atoms with Crippen LogP contribution in [-0.2, 0) is 4.74 Å². The third kappa shape index (κ3) is 2.19. The molecule has 106 valence electrons. The van der Waals surface area contributed by atoms with Crippen LogP contribution in [0.4, 0.5) is 4.39 Å². The molecule has 0 spiro atoms. The first kappa shape index (κ1) is 11.6. The second-order valence-corrected chi connectivity index (χ2v) is 4.25. The van der Waals surface area contributed by atoms with Gasteiger partial charge in [-0.25, -0.2) is 9.18 Å². The van der Waals surface area contributed by atoms with Gasteiger partial charge in [0.1, 0.15) is 23.8 Å². The number of ether oxygens (including phenoxy) is 1. The molecule has 4 N–H and O–H groups in total. The molecular formula is C9H10ClFN2O6. The van der Waals surface area contributed by atoms with Gasteiger partial charge in [-0.3, -0.25) is 14.3 Å². The fourth-order valence-electron chi connectivity index (χ4n) is 1.65. The van der Waals surface area contributed by atoms with Crippen molar-refractivity contribution in [2.45, 2.75) is 24.3 Å². The average Bonchev–Trinajstić information content (AvgIpc) is 2.59. The molecule has 0 aliphatic carbocycles. The quantitative estimate of drug-likeness (QED) is 0.505. The van der Waals surface area contributed by atoms with Crippen molar-refractivity contribution in [2.75, 3.05) is 6.56 Å². The first-order chi connectivity index (χ1) is 9.49. The highest BCUT2D eigenvalue weighted by Gasteiger charge is 2.55. The second-order valence-electron chi connectivity index (χ2n) is 3.84. The molecular weight excluding hydrogens is 287 g/mol. The molecule has 2 rings (SSSR count). The number of nitrogens with one attached hydrogen (secondary N) is 1. The zero-order valence-electron chi connectivity index (χ0n) is 11.1. The van der Waals surface area contributed by atoms with Gasteiger partial charge in [0.15, 0.2) is 6.23 Å². The van der Waals surface area contributed by atoms with Crippen LogP contribution in [0.3, 0.4) is 0 Å². The van der Waals surface area contributed by atoms with E-state index in [-0.39, 0.29) is 0 Å². The third-order valence-electron chi connectivity index (χ3n) is 2.64. The summed E-state index contributed by atoms with van der Waals surface area (Å²) in [6.45, 7) is -3.66. The van der Waals surface area contributed by atoms with Crippen LogP contribution in [0.5, 0.6) is 0 Å². The van der Waals surface area contributed by atoms with Crippen molar-refractivity contribution in [1.82, 2.24) is 9.55 Å². The van der Waals surface area contributed by atoms with Gasteiger partial charge in [-0.05, 0) is 0 Å². The number of H-pyrrole nitrogens is 1. The number of aromatic amines is 1. The zero-order chi connectivity index (χ0) is 16.2. The number of aliphatic hydroxyl groups excluding tert-OH is 2. The van der Waals surface area contributed by atoms with Gasteiger partial charge in [0.25, 0.3) is 11.4 Å². The highest BCUT2D eigenvalue weighted by molar-refractivity contribution is 6.30. The maximum absolute atomic E-state index is 14.2. The molecule has 0 unspecified atom stereocenters. The summed E-state index contributed by atoms with van der Waals surface area (Å²) < 4.78 is 33.0. The predicted octanol–water partition coefficient (Wildman–Crippen LogP) is -1.90. The van der Waals surface area contributed by atoms with Crippen molar-refractivity contribution in [1.29, 1.82) is 0 Å². The maximum atomic E-state index is 14.2. The fraction of sp³-hybridized carbons (Fsp3) is 0.556. The van der Waals surface area contributed by atoms with E-state index in [0.717, 1.165) is 6.20 Å². The Bertz CT molecular complexity index is 675. The number of aliphatic hydroxyl groups is 3. The predicted molar refractivity (Wildman–Crippen MR) is 59.4 cm³/mol. The Labute approximate surface area is 112 Å². The number of hydrogen-bond donors (Lipinski definition) is 4. The van der Waals surface area contributed by atoms with Crippen molar-refractivity contribution < 1.29 is 27.2 Å². The zero-order valence-corrected chi connectivity index (χ0v) is 9.83. The lowest BCUT2D eigenvalue weighted by atomic mass is 10.1. The monoisotopic (exact) mass is 298 g/mol. The Morgan fingerprint density at radius 2 is 2.26 bits per heavy atom. The summed E-state index contributed by atoms with van der Waals surface area (Å²) in [4.78, 5) is 24.5. The number of aromatic nitrogens is 2. The SMILES string of the molecule is [2H]C([2H])(O)[C@@]1(F)O[C@@H](n2cc(Cl)c(=O)[nH]c2=O)[C@H](O)[C@@H]1O. The fourth-order valence-corrected chi connectivity index (χ4v) is 1.81. The lowest BCUT2D eigenvalue weighted by Gasteiger charge is -2.19. The van der Waals surface area contributed by atoms with E-state index in [2.05, 4.69) is 4.74 Å². The van der Waals surface area contributed by atoms with Gasteiger partial charge in [-0.1, -0.05) is 11.6 Å². The van der Waals surface area contributed by atoms with E-state index in [4.69, 9.17) is 19.4 Å². The number of rotatable bonds is 2. The Kier molecular flexibility index (Phi) is 2.85.